The molecule has 0 spiro atoms. The summed E-state index contributed by atoms with van der Waals surface area (Å²) in [6, 6.07) is 140. The Morgan fingerprint density at radius 1 is 0.215 bits per heavy atom. The molecule has 0 radical (unpaired) electrons. The molecule has 2 nitrogen and oxygen atoms in total. The fourth-order valence-electron chi connectivity index (χ4n) is 15.6. The van der Waals surface area contributed by atoms with E-state index in [9.17, 15) is 0 Å². The highest BCUT2D eigenvalue weighted by Crippen LogP contribution is 2.49. The number of rotatable bonds is 10. The molecular formula is C103H80BBrO2. The molecule has 107 heavy (non-hydrogen) atoms. The van der Waals surface area contributed by atoms with Crippen molar-refractivity contribution in [3.8, 4) is 100 Å². The maximum atomic E-state index is 6.31. The molecule has 0 atom stereocenters. The van der Waals surface area contributed by atoms with Crippen LogP contribution in [0.2, 0.25) is 0 Å². The first-order valence-corrected chi connectivity index (χ1v) is 37.4. The van der Waals surface area contributed by atoms with E-state index < -0.39 is 0 Å². The van der Waals surface area contributed by atoms with Crippen LogP contribution in [0.1, 0.15) is 35.1 Å². The Labute approximate surface area is 637 Å². The highest BCUT2D eigenvalue weighted by atomic mass is 79.9. The Bertz CT molecular complexity index is 6110. The topological polar surface area (TPSA) is 18.5 Å². The second kappa shape index (κ2) is 29.9. The van der Waals surface area contributed by atoms with Crippen LogP contribution in [0.4, 0.5) is 0 Å². The molecule has 18 aromatic carbocycles. The Morgan fingerprint density at radius 2 is 0.495 bits per heavy atom. The van der Waals surface area contributed by atoms with Crippen molar-refractivity contribution >= 4 is 93.1 Å². The molecule has 0 aliphatic carbocycles. The van der Waals surface area contributed by atoms with Gasteiger partial charge in [-0.1, -0.05) is 393 Å². The molecule has 1 aliphatic rings. The van der Waals surface area contributed by atoms with Gasteiger partial charge in [-0.15, -0.1) is 0 Å². The van der Waals surface area contributed by atoms with Crippen LogP contribution in [0.3, 0.4) is 0 Å². The zero-order valence-corrected chi connectivity index (χ0v) is 61.3. The van der Waals surface area contributed by atoms with Gasteiger partial charge in [0, 0.05) is 4.47 Å². The smallest absolute Gasteiger partial charge is 0.399 e. The summed E-state index contributed by atoms with van der Waals surface area (Å²) in [6.45, 7) is 8.38. The molecule has 0 aromatic heterocycles. The molecule has 0 N–H and O–H groups in total. The lowest BCUT2D eigenvalue weighted by Gasteiger charge is -2.32. The van der Waals surface area contributed by atoms with Crippen LogP contribution in [0, 0.1) is 0 Å². The van der Waals surface area contributed by atoms with Gasteiger partial charge in [-0.2, -0.15) is 0 Å². The Balaban J connectivity index is 0.000000133. The van der Waals surface area contributed by atoms with Gasteiger partial charge in [0.05, 0.1) is 11.2 Å². The average Bonchev–Trinajstić information content (AvgIpc) is 1.71. The molecule has 1 heterocycles. The second-order valence-corrected chi connectivity index (χ2v) is 29.3. The molecule has 0 amide bonds. The summed E-state index contributed by atoms with van der Waals surface area (Å²) in [7, 11) is -0.369. The Kier molecular flexibility index (Phi) is 19.4. The van der Waals surface area contributed by atoms with Crippen molar-refractivity contribution in [2.45, 2.75) is 46.3 Å². The maximum Gasteiger partial charge on any atom is 0.494 e. The van der Waals surface area contributed by atoms with E-state index in [4.69, 9.17) is 9.31 Å². The van der Waals surface area contributed by atoms with Crippen LogP contribution in [0.15, 0.2) is 393 Å². The molecular weight excluding hydrogens is 1360 g/mol. The van der Waals surface area contributed by atoms with Crippen molar-refractivity contribution < 1.29 is 9.31 Å². The third-order valence-electron chi connectivity index (χ3n) is 21.6. The van der Waals surface area contributed by atoms with E-state index in [1.165, 1.54) is 165 Å². The fraction of sp³-hybridized carbons (Fsp3) is 0.0680. The van der Waals surface area contributed by atoms with E-state index in [1.54, 1.807) is 0 Å². The predicted octanol–water partition coefficient (Wildman–Crippen LogP) is 28.7. The summed E-state index contributed by atoms with van der Waals surface area (Å²) in [4.78, 5) is 0. The first-order valence-electron chi connectivity index (χ1n) is 36.6. The van der Waals surface area contributed by atoms with Crippen LogP contribution >= 0.6 is 15.9 Å². The summed E-state index contributed by atoms with van der Waals surface area (Å²) in [5.74, 6) is 0. The highest BCUT2D eigenvalue weighted by molar-refractivity contribution is 9.10. The second-order valence-electron chi connectivity index (χ2n) is 28.4. The Hall–Kier alpha value is -12.0. The zero-order valence-electron chi connectivity index (χ0n) is 59.7. The van der Waals surface area contributed by atoms with Crippen molar-refractivity contribution in [2.75, 3.05) is 0 Å². The van der Waals surface area contributed by atoms with E-state index in [0.29, 0.717) is 0 Å². The quantitative estimate of drug-likeness (QED) is 0.100. The van der Waals surface area contributed by atoms with Gasteiger partial charge >= 0.3 is 7.12 Å². The van der Waals surface area contributed by atoms with E-state index in [-0.39, 0.29) is 25.7 Å². The average molecular weight is 1440 g/mol. The maximum absolute atomic E-state index is 6.31. The normalized spacial score (nSPS) is 12.9. The molecule has 1 aliphatic heterocycles. The van der Waals surface area contributed by atoms with Crippen molar-refractivity contribution in [1.82, 2.24) is 0 Å². The monoisotopic (exact) mass is 1440 g/mol. The van der Waals surface area contributed by atoms with Crippen LogP contribution in [-0.4, -0.2) is 18.3 Å². The molecule has 1 saturated heterocycles. The third kappa shape index (κ3) is 13.5. The summed E-state index contributed by atoms with van der Waals surface area (Å²) in [6.07, 6.45) is 0. The highest BCUT2D eigenvalue weighted by Gasteiger charge is 2.51. The lowest BCUT2D eigenvalue weighted by Crippen LogP contribution is -2.41. The summed E-state index contributed by atoms with van der Waals surface area (Å²) >= 11 is 3.64. The zero-order chi connectivity index (χ0) is 71.7. The first kappa shape index (κ1) is 69.4. The number of halogens is 1. The van der Waals surface area contributed by atoms with Crippen LogP contribution in [0.25, 0.3) is 165 Å². The molecule has 0 saturated carbocycles. The molecule has 4 heteroatoms. The van der Waals surface area contributed by atoms with Gasteiger partial charge in [-0.3, -0.25) is 0 Å². The van der Waals surface area contributed by atoms with E-state index in [0.717, 1.165) is 9.94 Å². The number of fused-ring (bicyclic) bond motifs is 6. The summed E-state index contributed by atoms with van der Waals surface area (Å²) in [5, 5.41) is 15.2. The van der Waals surface area contributed by atoms with Gasteiger partial charge in [0.15, 0.2) is 0 Å². The molecule has 1 fully saturated rings. The molecule has 0 unspecified atom stereocenters. The molecule has 514 valence electrons. The SMILES string of the molecule is Brc1ccc(-c2ccccc2)cc1-c1ccccc1.C.CC1(C)OB(c2ccc(-c3c4ccccc4c(-c4cccc5ccccc45)c4ccccc34)cc2)OC1(C)C.c1ccc(-c2ccc(-c3ccc(-c4c5ccccc5c(-c5cccc6ccccc56)c5ccccc45)cc3)c(-c3ccccc3)c2)cc1. The van der Waals surface area contributed by atoms with Crippen molar-refractivity contribution in [1.29, 1.82) is 0 Å². The van der Waals surface area contributed by atoms with Gasteiger partial charge < -0.3 is 9.31 Å². The van der Waals surface area contributed by atoms with Gasteiger partial charge in [0.25, 0.3) is 0 Å². The van der Waals surface area contributed by atoms with E-state index in [2.05, 4.69) is 420 Å². The molecule has 0 bridgehead atoms. The van der Waals surface area contributed by atoms with Gasteiger partial charge in [0.1, 0.15) is 0 Å². The van der Waals surface area contributed by atoms with Gasteiger partial charge in [-0.25, -0.2) is 0 Å². The number of benzene rings is 18. The lowest BCUT2D eigenvalue weighted by atomic mass is 9.78. The van der Waals surface area contributed by atoms with Crippen LogP contribution in [0.5, 0.6) is 0 Å². The fourth-order valence-corrected chi connectivity index (χ4v) is 16.1. The third-order valence-corrected chi connectivity index (χ3v) is 22.3. The minimum atomic E-state index is -0.369. The predicted molar refractivity (Wildman–Crippen MR) is 463 cm³/mol. The number of hydrogen-bond donors (Lipinski definition) is 0. The van der Waals surface area contributed by atoms with Gasteiger partial charge in [-0.05, 0) is 216 Å². The largest absolute Gasteiger partial charge is 0.494 e. The van der Waals surface area contributed by atoms with Crippen molar-refractivity contribution in [3.63, 3.8) is 0 Å². The first-order chi connectivity index (χ1) is 52.0. The Morgan fingerprint density at radius 3 is 0.897 bits per heavy atom. The van der Waals surface area contributed by atoms with Crippen molar-refractivity contribution in [3.05, 3.63) is 393 Å². The lowest BCUT2D eigenvalue weighted by molar-refractivity contribution is 0.00578. The number of hydrogen-bond acceptors (Lipinski definition) is 2. The van der Waals surface area contributed by atoms with Crippen LogP contribution < -0.4 is 5.46 Å². The van der Waals surface area contributed by atoms with E-state index in [1.807, 2.05) is 12.1 Å². The standard InChI is InChI=1S/C48H32.C36H31BO2.C18H13Br.CH4/c1-3-14-33(15-4-1)38-30-31-40(46(32-38)35-16-5-2-6-17-35)36-26-28-37(29-27-36)47-42-21-9-11-23-44(42)48(45-24-12-10-22-43(45)47)41-25-13-19-34-18-7-8-20-39(34)41;1-35(2)36(3,4)39-37(38-35)26-22-20-25(21-23-26)33-29-15-7-9-17-31(29)34(32-18-10-8-16-30(32)33)28-19-11-13-24-12-5-6-14-27(24)28;19-18-12-11-16(14-7-3-1-4-8-14)13-17(18)15-9-5-2-6-10-15;/h1-32H;5-23H,1-4H3;1-13H;1H4. The summed E-state index contributed by atoms with van der Waals surface area (Å²) < 4.78 is 13.8. The minimum absolute atomic E-state index is 0. The van der Waals surface area contributed by atoms with Crippen molar-refractivity contribution in [2.24, 2.45) is 0 Å². The molecule has 18 aromatic rings. The minimum Gasteiger partial charge on any atom is -0.399 e. The van der Waals surface area contributed by atoms with E-state index >= 15 is 0 Å². The molecule has 19 rings (SSSR count). The van der Waals surface area contributed by atoms with Gasteiger partial charge in [0.2, 0.25) is 0 Å². The summed E-state index contributed by atoms with van der Waals surface area (Å²) in [5.41, 5.74) is 22.7. The van der Waals surface area contributed by atoms with Crippen LogP contribution in [-0.2, 0) is 9.31 Å².